The highest BCUT2D eigenvalue weighted by Crippen LogP contribution is 2.32. The second kappa shape index (κ2) is 6.98. The number of aromatic nitrogens is 2. The number of ether oxygens (including phenoxy) is 2. The zero-order valence-electron chi connectivity index (χ0n) is 14.0. The second-order valence-corrected chi connectivity index (χ2v) is 6.42. The molecule has 23 heavy (non-hydrogen) atoms. The van der Waals surface area contributed by atoms with Gasteiger partial charge in [-0.05, 0) is 18.9 Å². The van der Waals surface area contributed by atoms with Crippen molar-refractivity contribution in [1.29, 1.82) is 0 Å². The Bertz CT molecular complexity index is 537. The van der Waals surface area contributed by atoms with Gasteiger partial charge < -0.3 is 14.4 Å². The Morgan fingerprint density at radius 2 is 2.17 bits per heavy atom. The van der Waals surface area contributed by atoms with Gasteiger partial charge in [0.2, 0.25) is 0 Å². The van der Waals surface area contributed by atoms with Crippen LogP contribution in [0.4, 0.5) is 0 Å². The average Bonchev–Trinajstić information content (AvgIpc) is 3.01. The molecule has 1 aromatic rings. The van der Waals surface area contributed by atoms with Crippen molar-refractivity contribution in [3.63, 3.8) is 0 Å². The average molecular weight is 322 g/mol. The van der Waals surface area contributed by atoms with Crippen molar-refractivity contribution in [3.05, 3.63) is 18.0 Å². The fourth-order valence-corrected chi connectivity index (χ4v) is 3.59. The number of amides is 1. The van der Waals surface area contributed by atoms with Gasteiger partial charge in [-0.25, -0.2) is 0 Å². The molecular formula is C16H26N4O3. The van der Waals surface area contributed by atoms with Crippen molar-refractivity contribution in [2.75, 3.05) is 53.1 Å². The van der Waals surface area contributed by atoms with Crippen LogP contribution in [0, 0.1) is 0 Å². The third kappa shape index (κ3) is 3.41. The number of likely N-dealkylation sites (tertiary alicyclic amines) is 1. The molecule has 0 unspecified atom stereocenters. The molecule has 1 spiro atoms. The van der Waals surface area contributed by atoms with Crippen molar-refractivity contribution < 1.29 is 14.3 Å². The van der Waals surface area contributed by atoms with Crippen LogP contribution >= 0.6 is 0 Å². The van der Waals surface area contributed by atoms with E-state index in [4.69, 9.17) is 9.47 Å². The number of hydrogen-bond acceptors (Lipinski definition) is 5. The van der Waals surface area contributed by atoms with Crippen molar-refractivity contribution in [2.24, 2.45) is 7.05 Å². The third-order valence-electron chi connectivity index (χ3n) is 5.03. The molecule has 0 N–H and O–H groups in total. The lowest BCUT2D eigenvalue weighted by Gasteiger charge is -2.51. The summed E-state index contributed by atoms with van der Waals surface area (Å²) in [4.78, 5) is 16.9. The van der Waals surface area contributed by atoms with E-state index in [-0.39, 0.29) is 11.4 Å². The minimum Gasteiger partial charge on any atom is -0.383 e. The lowest BCUT2D eigenvalue weighted by atomic mass is 9.85. The Labute approximate surface area is 137 Å². The number of hydrogen-bond donors (Lipinski definition) is 0. The lowest BCUT2D eigenvalue weighted by molar-refractivity contribution is -0.0968. The largest absolute Gasteiger partial charge is 0.383 e. The molecule has 0 saturated carbocycles. The first kappa shape index (κ1) is 16.4. The normalized spacial score (nSPS) is 21.7. The number of carbonyl (C=O) groups excluding carboxylic acids is 1. The van der Waals surface area contributed by atoms with Crippen LogP contribution in [0.15, 0.2) is 12.3 Å². The number of carbonyl (C=O) groups is 1. The minimum absolute atomic E-state index is 0.0284. The maximum absolute atomic E-state index is 12.5. The molecular weight excluding hydrogens is 296 g/mol. The number of aryl methyl sites for hydroxylation is 1. The van der Waals surface area contributed by atoms with Gasteiger partial charge >= 0.3 is 0 Å². The van der Waals surface area contributed by atoms with E-state index in [1.54, 1.807) is 24.1 Å². The summed E-state index contributed by atoms with van der Waals surface area (Å²) in [6.45, 7) is 5.64. The number of morpholine rings is 1. The summed E-state index contributed by atoms with van der Waals surface area (Å²) < 4.78 is 12.7. The van der Waals surface area contributed by atoms with E-state index in [1.165, 1.54) is 0 Å². The molecule has 3 rings (SSSR count). The molecule has 7 nitrogen and oxygen atoms in total. The standard InChI is InChI=1S/C16H26N4O3/c1-18-6-3-14(17-18)15(21)19-7-4-16(5-8-19)13-23-12-10-20(16)9-11-22-2/h3,6H,4-5,7-13H2,1-2H3. The second-order valence-electron chi connectivity index (χ2n) is 6.42. The van der Waals surface area contributed by atoms with Crippen molar-refractivity contribution in [1.82, 2.24) is 19.6 Å². The van der Waals surface area contributed by atoms with Crippen LogP contribution in [-0.2, 0) is 16.5 Å². The van der Waals surface area contributed by atoms with Gasteiger partial charge in [0, 0.05) is 52.1 Å². The zero-order chi connectivity index (χ0) is 16.3. The maximum Gasteiger partial charge on any atom is 0.274 e. The molecule has 2 aliphatic heterocycles. The van der Waals surface area contributed by atoms with Gasteiger partial charge in [-0.15, -0.1) is 0 Å². The fourth-order valence-electron chi connectivity index (χ4n) is 3.59. The summed E-state index contributed by atoms with van der Waals surface area (Å²) in [5.74, 6) is 0.0284. The molecule has 3 heterocycles. The van der Waals surface area contributed by atoms with Crippen LogP contribution in [0.25, 0.3) is 0 Å². The Morgan fingerprint density at radius 1 is 1.39 bits per heavy atom. The number of nitrogens with zero attached hydrogens (tertiary/aromatic N) is 4. The van der Waals surface area contributed by atoms with Gasteiger partial charge in [0.05, 0.1) is 19.8 Å². The predicted molar refractivity (Wildman–Crippen MR) is 85.3 cm³/mol. The molecule has 1 amide bonds. The molecule has 0 atom stereocenters. The molecule has 0 radical (unpaired) electrons. The smallest absolute Gasteiger partial charge is 0.274 e. The summed E-state index contributed by atoms with van der Waals surface area (Å²) in [6.07, 6.45) is 3.69. The Morgan fingerprint density at radius 3 is 2.83 bits per heavy atom. The van der Waals surface area contributed by atoms with Crippen LogP contribution in [0.3, 0.4) is 0 Å². The van der Waals surface area contributed by atoms with Crippen molar-refractivity contribution >= 4 is 5.91 Å². The number of rotatable bonds is 4. The van der Waals surface area contributed by atoms with Crippen molar-refractivity contribution in [3.8, 4) is 0 Å². The van der Waals surface area contributed by atoms with E-state index in [1.807, 2.05) is 11.9 Å². The van der Waals surface area contributed by atoms with Gasteiger partial charge in [0.25, 0.3) is 5.91 Å². The molecule has 2 saturated heterocycles. The highest BCUT2D eigenvalue weighted by atomic mass is 16.5. The summed E-state index contributed by atoms with van der Waals surface area (Å²) in [6, 6.07) is 1.78. The van der Waals surface area contributed by atoms with Crippen LogP contribution in [0.1, 0.15) is 23.3 Å². The summed E-state index contributed by atoms with van der Waals surface area (Å²) in [7, 11) is 3.57. The quantitative estimate of drug-likeness (QED) is 0.802. The summed E-state index contributed by atoms with van der Waals surface area (Å²) >= 11 is 0. The van der Waals surface area contributed by atoms with E-state index in [2.05, 4.69) is 10.00 Å². The third-order valence-corrected chi connectivity index (χ3v) is 5.03. The Hall–Kier alpha value is -1.44. The van der Waals surface area contributed by atoms with E-state index in [9.17, 15) is 4.79 Å². The van der Waals surface area contributed by atoms with Gasteiger partial charge in [0.15, 0.2) is 0 Å². The number of methoxy groups -OCH3 is 1. The van der Waals surface area contributed by atoms with Crippen LogP contribution in [0.5, 0.6) is 0 Å². The van der Waals surface area contributed by atoms with Gasteiger partial charge in [0.1, 0.15) is 5.69 Å². The monoisotopic (exact) mass is 322 g/mol. The van der Waals surface area contributed by atoms with Gasteiger partial charge in [-0.2, -0.15) is 5.10 Å². The zero-order valence-corrected chi connectivity index (χ0v) is 14.0. The highest BCUT2D eigenvalue weighted by molar-refractivity contribution is 5.92. The van der Waals surface area contributed by atoms with Crippen LogP contribution in [0.2, 0.25) is 0 Å². The van der Waals surface area contributed by atoms with E-state index >= 15 is 0 Å². The van der Waals surface area contributed by atoms with Gasteiger partial charge in [-0.3, -0.25) is 14.4 Å². The molecule has 2 fully saturated rings. The van der Waals surface area contributed by atoms with Crippen LogP contribution in [-0.4, -0.2) is 84.1 Å². The molecule has 2 aliphatic rings. The summed E-state index contributed by atoms with van der Waals surface area (Å²) in [5.41, 5.74) is 0.581. The first-order valence-electron chi connectivity index (χ1n) is 8.25. The van der Waals surface area contributed by atoms with E-state index in [0.29, 0.717) is 5.69 Å². The fraction of sp³-hybridized carbons (Fsp3) is 0.750. The van der Waals surface area contributed by atoms with Crippen molar-refractivity contribution in [2.45, 2.75) is 18.4 Å². The maximum atomic E-state index is 12.5. The first-order valence-corrected chi connectivity index (χ1v) is 8.25. The predicted octanol–water partition coefficient (Wildman–Crippen LogP) is 0.374. The highest BCUT2D eigenvalue weighted by Gasteiger charge is 2.42. The molecule has 1 aromatic heterocycles. The Kier molecular flexibility index (Phi) is 4.99. The molecule has 128 valence electrons. The van der Waals surface area contributed by atoms with Crippen LogP contribution < -0.4 is 0 Å². The number of piperidine rings is 1. The topological polar surface area (TPSA) is 59.8 Å². The van der Waals surface area contributed by atoms with Gasteiger partial charge in [-0.1, -0.05) is 0 Å². The minimum atomic E-state index is 0.0284. The molecule has 0 aliphatic carbocycles. The lowest BCUT2D eigenvalue weighted by Crippen LogP contribution is -2.62. The van der Waals surface area contributed by atoms with E-state index < -0.39 is 0 Å². The first-order chi connectivity index (χ1) is 11.1. The summed E-state index contributed by atoms with van der Waals surface area (Å²) in [5, 5.41) is 4.22. The Balaban J connectivity index is 1.63. The van der Waals surface area contributed by atoms with E-state index in [0.717, 1.165) is 58.8 Å². The molecule has 0 bridgehead atoms. The SMILES string of the molecule is COCCN1CCOCC12CCN(C(=O)c1ccn(C)n1)CC2. The molecule has 7 heteroatoms. The molecule has 0 aromatic carbocycles.